The maximum atomic E-state index is 12.5. The van der Waals surface area contributed by atoms with Crippen molar-refractivity contribution < 1.29 is 4.79 Å². The molecule has 1 N–H and O–H groups in total. The highest BCUT2D eigenvalue weighted by molar-refractivity contribution is 5.99. The fourth-order valence-electron chi connectivity index (χ4n) is 1.95. The highest BCUT2D eigenvalue weighted by Gasteiger charge is 2.19. The van der Waals surface area contributed by atoms with Crippen molar-refractivity contribution >= 4 is 11.6 Å². The average molecular weight is 259 g/mol. The number of nitrogens with one attached hydrogen (secondary N) is 1. The second-order valence-corrected chi connectivity index (χ2v) is 4.67. The van der Waals surface area contributed by atoms with Crippen LogP contribution in [0.1, 0.15) is 29.8 Å². The van der Waals surface area contributed by atoms with E-state index >= 15 is 0 Å². The third-order valence-electron chi connectivity index (χ3n) is 3.06. The molecule has 4 heteroatoms. The predicted molar refractivity (Wildman–Crippen MR) is 77.1 cm³/mol. The van der Waals surface area contributed by atoms with E-state index in [-0.39, 0.29) is 11.8 Å². The van der Waals surface area contributed by atoms with Gasteiger partial charge in [0.2, 0.25) is 0 Å². The molecule has 0 spiro atoms. The predicted octanol–water partition coefficient (Wildman–Crippen LogP) is 2.66. The highest BCUT2D eigenvalue weighted by atomic mass is 16.2. The SMILES string of the molecule is CCN(CC(C)C#N)C(=O)c1cc(C)ccc1NC. The molecule has 0 aliphatic carbocycles. The summed E-state index contributed by atoms with van der Waals surface area (Å²) in [4.78, 5) is 14.2. The first-order valence-electron chi connectivity index (χ1n) is 6.50. The van der Waals surface area contributed by atoms with Crippen LogP contribution >= 0.6 is 0 Å². The summed E-state index contributed by atoms with van der Waals surface area (Å²) >= 11 is 0. The van der Waals surface area contributed by atoms with Crippen LogP contribution in [0.25, 0.3) is 0 Å². The second-order valence-electron chi connectivity index (χ2n) is 4.67. The van der Waals surface area contributed by atoms with Crippen LogP contribution in [0.5, 0.6) is 0 Å². The van der Waals surface area contributed by atoms with Crippen molar-refractivity contribution in [1.82, 2.24) is 4.90 Å². The van der Waals surface area contributed by atoms with E-state index in [1.807, 2.05) is 39.0 Å². The second kappa shape index (κ2) is 6.79. The van der Waals surface area contributed by atoms with Crippen LogP contribution in [0, 0.1) is 24.2 Å². The third kappa shape index (κ3) is 3.72. The van der Waals surface area contributed by atoms with Gasteiger partial charge in [-0.15, -0.1) is 0 Å². The summed E-state index contributed by atoms with van der Waals surface area (Å²) in [6.07, 6.45) is 0. The number of amides is 1. The maximum Gasteiger partial charge on any atom is 0.255 e. The Bertz CT molecular complexity index is 491. The third-order valence-corrected chi connectivity index (χ3v) is 3.06. The van der Waals surface area contributed by atoms with Gasteiger partial charge in [-0.3, -0.25) is 4.79 Å². The summed E-state index contributed by atoms with van der Waals surface area (Å²) in [5.74, 6) is -0.190. The zero-order valence-corrected chi connectivity index (χ0v) is 12.0. The molecule has 0 heterocycles. The first-order chi connectivity index (χ1) is 9.03. The van der Waals surface area contributed by atoms with Crippen LogP contribution in [0.2, 0.25) is 0 Å². The molecule has 4 nitrogen and oxygen atoms in total. The lowest BCUT2D eigenvalue weighted by Crippen LogP contribution is -2.34. The summed E-state index contributed by atoms with van der Waals surface area (Å²) in [5.41, 5.74) is 2.53. The van der Waals surface area contributed by atoms with Crippen molar-refractivity contribution in [2.75, 3.05) is 25.5 Å². The molecule has 0 saturated heterocycles. The van der Waals surface area contributed by atoms with E-state index in [0.29, 0.717) is 18.7 Å². The van der Waals surface area contributed by atoms with Gasteiger partial charge in [0.1, 0.15) is 0 Å². The Labute approximate surface area is 115 Å². The number of rotatable bonds is 5. The molecule has 1 aromatic carbocycles. The van der Waals surface area contributed by atoms with E-state index < -0.39 is 0 Å². The highest BCUT2D eigenvalue weighted by Crippen LogP contribution is 2.19. The largest absolute Gasteiger partial charge is 0.387 e. The Balaban J connectivity index is 3.03. The standard InChI is InChI=1S/C15H21N3O/c1-5-18(10-12(3)9-16)15(19)13-8-11(2)6-7-14(13)17-4/h6-8,12,17H,5,10H2,1-4H3. The molecule has 1 aromatic rings. The normalized spacial score (nSPS) is 11.5. The molecule has 0 bridgehead atoms. The molecule has 0 saturated carbocycles. The number of anilines is 1. The number of hydrogen-bond donors (Lipinski definition) is 1. The van der Waals surface area contributed by atoms with Gasteiger partial charge in [-0.1, -0.05) is 11.6 Å². The summed E-state index contributed by atoms with van der Waals surface area (Å²) in [7, 11) is 1.80. The first kappa shape index (κ1) is 15.0. The smallest absolute Gasteiger partial charge is 0.255 e. The number of nitriles is 1. The first-order valence-corrected chi connectivity index (χ1v) is 6.50. The van der Waals surface area contributed by atoms with Gasteiger partial charge < -0.3 is 10.2 Å². The zero-order chi connectivity index (χ0) is 14.4. The van der Waals surface area contributed by atoms with Crippen molar-refractivity contribution in [3.05, 3.63) is 29.3 Å². The van der Waals surface area contributed by atoms with E-state index in [9.17, 15) is 4.79 Å². The Hall–Kier alpha value is -2.02. The molecule has 0 fully saturated rings. The molecule has 0 aliphatic rings. The molecule has 0 radical (unpaired) electrons. The summed E-state index contributed by atoms with van der Waals surface area (Å²) < 4.78 is 0. The molecule has 1 amide bonds. The van der Waals surface area contributed by atoms with Gasteiger partial charge in [0.15, 0.2) is 0 Å². The van der Waals surface area contributed by atoms with E-state index in [0.717, 1.165) is 11.3 Å². The van der Waals surface area contributed by atoms with E-state index in [4.69, 9.17) is 5.26 Å². The summed E-state index contributed by atoms with van der Waals surface area (Å²) in [6.45, 7) is 6.78. The van der Waals surface area contributed by atoms with Gasteiger partial charge >= 0.3 is 0 Å². The summed E-state index contributed by atoms with van der Waals surface area (Å²) in [6, 6.07) is 7.93. The minimum atomic E-state index is -0.160. The molecular weight excluding hydrogens is 238 g/mol. The minimum absolute atomic E-state index is 0.0300. The fourth-order valence-corrected chi connectivity index (χ4v) is 1.95. The Kier molecular flexibility index (Phi) is 5.37. The number of aryl methyl sites for hydroxylation is 1. The lowest BCUT2D eigenvalue weighted by molar-refractivity contribution is 0.0753. The molecule has 19 heavy (non-hydrogen) atoms. The topological polar surface area (TPSA) is 56.1 Å². The van der Waals surface area contributed by atoms with E-state index in [2.05, 4.69) is 11.4 Å². The zero-order valence-electron chi connectivity index (χ0n) is 12.0. The summed E-state index contributed by atoms with van der Waals surface area (Å²) in [5, 5.41) is 11.9. The molecule has 1 atom stereocenters. The van der Waals surface area contributed by atoms with Crippen LogP contribution in [-0.4, -0.2) is 30.9 Å². The van der Waals surface area contributed by atoms with Crippen LogP contribution < -0.4 is 5.32 Å². The molecule has 0 aliphatic heterocycles. The van der Waals surface area contributed by atoms with Gasteiger partial charge in [-0.2, -0.15) is 5.26 Å². The van der Waals surface area contributed by atoms with Crippen LogP contribution in [0.15, 0.2) is 18.2 Å². The Morgan fingerprint density at radius 1 is 1.53 bits per heavy atom. The van der Waals surface area contributed by atoms with Crippen molar-refractivity contribution in [3.8, 4) is 6.07 Å². The van der Waals surface area contributed by atoms with Gasteiger partial charge in [0, 0.05) is 25.8 Å². The molecule has 1 rings (SSSR count). The Morgan fingerprint density at radius 2 is 2.21 bits per heavy atom. The molecule has 102 valence electrons. The molecule has 0 aromatic heterocycles. The van der Waals surface area contributed by atoms with E-state index in [1.54, 1.807) is 11.9 Å². The average Bonchev–Trinajstić information content (AvgIpc) is 2.43. The van der Waals surface area contributed by atoms with Crippen molar-refractivity contribution in [2.45, 2.75) is 20.8 Å². The Morgan fingerprint density at radius 3 is 2.74 bits per heavy atom. The number of carbonyl (C=O) groups excluding carboxylic acids is 1. The number of nitrogens with zero attached hydrogens (tertiary/aromatic N) is 2. The fraction of sp³-hybridized carbons (Fsp3) is 0.467. The number of carbonyl (C=O) groups is 1. The number of hydrogen-bond acceptors (Lipinski definition) is 3. The van der Waals surface area contributed by atoms with Gasteiger partial charge in [0.25, 0.3) is 5.91 Å². The molecular formula is C15H21N3O. The van der Waals surface area contributed by atoms with Gasteiger partial charge in [-0.25, -0.2) is 0 Å². The number of benzene rings is 1. The van der Waals surface area contributed by atoms with Crippen LogP contribution in [0.3, 0.4) is 0 Å². The lowest BCUT2D eigenvalue weighted by atomic mass is 10.1. The monoisotopic (exact) mass is 259 g/mol. The minimum Gasteiger partial charge on any atom is -0.387 e. The van der Waals surface area contributed by atoms with Crippen molar-refractivity contribution in [1.29, 1.82) is 5.26 Å². The van der Waals surface area contributed by atoms with Gasteiger partial charge in [0.05, 0.1) is 17.6 Å². The van der Waals surface area contributed by atoms with E-state index in [1.165, 1.54) is 0 Å². The van der Waals surface area contributed by atoms with Crippen molar-refractivity contribution in [3.63, 3.8) is 0 Å². The maximum absolute atomic E-state index is 12.5. The van der Waals surface area contributed by atoms with Crippen molar-refractivity contribution in [2.24, 2.45) is 5.92 Å². The van der Waals surface area contributed by atoms with Gasteiger partial charge in [-0.05, 0) is 32.9 Å². The quantitative estimate of drug-likeness (QED) is 0.884. The van der Waals surface area contributed by atoms with Crippen LogP contribution in [-0.2, 0) is 0 Å². The van der Waals surface area contributed by atoms with Crippen LogP contribution in [0.4, 0.5) is 5.69 Å². The lowest BCUT2D eigenvalue weighted by Gasteiger charge is -2.23. The molecule has 1 unspecified atom stereocenters.